The molecule has 6 heteroatoms. The van der Waals surface area contributed by atoms with Crippen LogP contribution in [0.2, 0.25) is 0 Å². The molecule has 2 N–H and O–H groups in total. The zero-order chi connectivity index (χ0) is 22.5. The molecule has 0 radical (unpaired) electrons. The second-order valence-corrected chi connectivity index (χ2v) is 8.65. The van der Waals surface area contributed by atoms with Crippen LogP contribution in [0.5, 0.6) is 5.75 Å². The largest absolute Gasteiger partial charge is 0.497 e. The molecule has 168 valence electrons. The first-order valence-electron chi connectivity index (χ1n) is 11.3. The Balaban J connectivity index is 1.28. The fraction of sp³-hybridized carbons (Fsp3) is 0.385. The number of anilines is 1. The first-order chi connectivity index (χ1) is 15.5. The van der Waals surface area contributed by atoms with Gasteiger partial charge >= 0.3 is 0 Å². The minimum absolute atomic E-state index is 0.0144. The van der Waals surface area contributed by atoms with Crippen LogP contribution in [0.4, 0.5) is 5.69 Å². The summed E-state index contributed by atoms with van der Waals surface area (Å²) in [6.45, 7) is 3.49. The number of aryl methyl sites for hydroxylation is 1. The summed E-state index contributed by atoms with van der Waals surface area (Å²) >= 11 is 0. The second kappa shape index (κ2) is 9.90. The van der Waals surface area contributed by atoms with Crippen molar-refractivity contribution in [2.24, 2.45) is 5.92 Å². The van der Waals surface area contributed by atoms with Gasteiger partial charge in [-0.15, -0.1) is 0 Å². The van der Waals surface area contributed by atoms with Gasteiger partial charge in [-0.3, -0.25) is 9.59 Å². The summed E-state index contributed by atoms with van der Waals surface area (Å²) in [5, 5.41) is 4.11. The van der Waals surface area contributed by atoms with Crippen LogP contribution in [-0.2, 0) is 16.0 Å². The quantitative estimate of drug-likeness (QED) is 0.568. The molecule has 1 saturated heterocycles. The van der Waals surface area contributed by atoms with E-state index >= 15 is 0 Å². The van der Waals surface area contributed by atoms with Crippen molar-refractivity contribution in [1.82, 2.24) is 9.88 Å². The molecule has 1 atom stereocenters. The van der Waals surface area contributed by atoms with E-state index < -0.39 is 0 Å². The van der Waals surface area contributed by atoms with Crippen molar-refractivity contribution in [2.75, 3.05) is 25.5 Å². The summed E-state index contributed by atoms with van der Waals surface area (Å²) in [4.78, 5) is 30.7. The van der Waals surface area contributed by atoms with Crippen LogP contribution in [0.3, 0.4) is 0 Å². The molecule has 0 spiro atoms. The van der Waals surface area contributed by atoms with E-state index in [1.54, 1.807) is 7.11 Å². The van der Waals surface area contributed by atoms with Gasteiger partial charge < -0.3 is 19.9 Å². The lowest BCUT2D eigenvalue weighted by Crippen LogP contribution is -2.40. The summed E-state index contributed by atoms with van der Waals surface area (Å²) in [7, 11) is 1.63. The van der Waals surface area contributed by atoms with Crippen molar-refractivity contribution in [3.05, 3.63) is 59.8 Å². The van der Waals surface area contributed by atoms with Gasteiger partial charge in [0.15, 0.2) is 0 Å². The maximum Gasteiger partial charge on any atom is 0.227 e. The van der Waals surface area contributed by atoms with E-state index in [1.807, 2.05) is 54.4 Å². The van der Waals surface area contributed by atoms with Crippen LogP contribution in [0.15, 0.2) is 48.7 Å². The number of piperidine rings is 1. The maximum absolute atomic E-state index is 12.9. The highest BCUT2D eigenvalue weighted by Crippen LogP contribution is 2.25. The Morgan fingerprint density at radius 3 is 2.88 bits per heavy atom. The number of carbonyl (C=O) groups excluding carboxylic acids is 2. The number of benzene rings is 2. The number of ether oxygens (including phenoxy) is 1. The molecular formula is C26H31N3O3. The zero-order valence-corrected chi connectivity index (χ0v) is 18.8. The average molecular weight is 434 g/mol. The highest BCUT2D eigenvalue weighted by atomic mass is 16.5. The van der Waals surface area contributed by atoms with Gasteiger partial charge in [0.25, 0.3) is 0 Å². The van der Waals surface area contributed by atoms with Crippen LogP contribution in [0.25, 0.3) is 10.9 Å². The van der Waals surface area contributed by atoms with Crippen molar-refractivity contribution < 1.29 is 14.3 Å². The number of methoxy groups -OCH3 is 1. The monoisotopic (exact) mass is 433 g/mol. The molecule has 1 aromatic heterocycles. The van der Waals surface area contributed by atoms with E-state index in [-0.39, 0.29) is 11.8 Å². The number of aromatic nitrogens is 1. The van der Waals surface area contributed by atoms with E-state index in [2.05, 4.69) is 16.4 Å². The predicted octanol–water partition coefficient (Wildman–Crippen LogP) is 4.68. The lowest BCUT2D eigenvalue weighted by molar-refractivity contribution is -0.132. The van der Waals surface area contributed by atoms with Gasteiger partial charge in [-0.2, -0.15) is 0 Å². The van der Waals surface area contributed by atoms with Gasteiger partial charge in [0.1, 0.15) is 5.75 Å². The molecule has 0 saturated carbocycles. The molecule has 4 rings (SSSR count). The number of amides is 2. The van der Waals surface area contributed by atoms with Crippen molar-refractivity contribution >= 4 is 28.4 Å². The molecule has 0 unspecified atom stereocenters. The molecule has 0 aliphatic carbocycles. The van der Waals surface area contributed by atoms with Crippen LogP contribution in [0, 0.1) is 12.8 Å². The minimum atomic E-state index is 0.0144. The number of likely N-dealkylation sites (tertiary alicyclic amines) is 1. The van der Waals surface area contributed by atoms with Crippen molar-refractivity contribution in [3.63, 3.8) is 0 Å². The fourth-order valence-corrected chi connectivity index (χ4v) is 4.53. The highest BCUT2D eigenvalue weighted by molar-refractivity contribution is 5.91. The van der Waals surface area contributed by atoms with Crippen LogP contribution in [-0.4, -0.2) is 41.9 Å². The summed E-state index contributed by atoms with van der Waals surface area (Å²) in [5.74, 6) is 1.32. The summed E-state index contributed by atoms with van der Waals surface area (Å²) < 4.78 is 5.22. The number of H-pyrrole nitrogens is 1. The third-order valence-corrected chi connectivity index (χ3v) is 6.38. The van der Waals surface area contributed by atoms with Crippen molar-refractivity contribution in [1.29, 1.82) is 0 Å². The van der Waals surface area contributed by atoms with Gasteiger partial charge in [0.05, 0.1) is 13.5 Å². The van der Waals surface area contributed by atoms with Gasteiger partial charge in [0, 0.05) is 42.3 Å². The van der Waals surface area contributed by atoms with E-state index in [0.29, 0.717) is 18.8 Å². The SMILES string of the molecule is COc1ccc(NC(=O)CC[C@@H]2CCCN(C(=O)Cc3c[nH]c4ccccc34)C2)c(C)c1. The molecular weight excluding hydrogens is 402 g/mol. The number of para-hydroxylation sites is 1. The molecule has 1 aliphatic rings. The number of carbonyl (C=O) groups is 2. The number of rotatable bonds is 7. The first-order valence-corrected chi connectivity index (χ1v) is 11.3. The standard InChI is InChI=1S/C26H31N3O3/c1-18-14-21(32-2)10-11-23(18)28-25(30)12-9-19-6-5-13-29(17-19)26(31)15-20-16-27-24-8-4-3-7-22(20)24/h3-4,7-8,10-11,14,16,19,27H,5-6,9,12-13,15,17H2,1-2H3,(H,28,30)/t19-/m0/s1. The van der Waals surface area contributed by atoms with Gasteiger partial charge in [-0.1, -0.05) is 18.2 Å². The van der Waals surface area contributed by atoms with Gasteiger partial charge in [0.2, 0.25) is 11.8 Å². The average Bonchev–Trinajstić information content (AvgIpc) is 3.22. The number of hydrogen-bond donors (Lipinski definition) is 2. The lowest BCUT2D eigenvalue weighted by atomic mass is 9.92. The number of nitrogens with one attached hydrogen (secondary N) is 2. The molecule has 2 amide bonds. The Hall–Kier alpha value is -3.28. The van der Waals surface area contributed by atoms with Gasteiger partial charge in [-0.05, 0) is 67.5 Å². The number of hydrogen-bond acceptors (Lipinski definition) is 3. The topological polar surface area (TPSA) is 74.4 Å². The Labute approximate surface area is 188 Å². The van der Waals surface area contributed by atoms with Crippen molar-refractivity contribution in [3.8, 4) is 5.75 Å². The highest BCUT2D eigenvalue weighted by Gasteiger charge is 2.24. The second-order valence-electron chi connectivity index (χ2n) is 8.65. The molecule has 1 fully saturated rings. The summed E-state index contributed by atoms with van der Waals surface area (Å²) in [5.41, 5.74) is 3.89. The summed E-state index contributed by atoms with van der Waals surface area (Å²) in [6.07, 6.45) is 5.65. The molecule has 6 nitrogen and oxygen atoms in total. The number of fused-ring (bicyclic) bond motifs is 1. The molecule has 32 heavy (non-hydrogen) atoms. The van der Waals surface area contributed by atoms with E-state index in [0.717, 1.165) is 65.8 Å². The smallest absolute Gasteiger partial charge is 0.227 e. The Kier molecular flexibility index (Phi) is 6.78. The van der Waals surface area contributed by atoms with E-state index in [4.69, 9.17) is 4.74 Å². The molecule has 0 bridgehead atoms. The van der Waals surface area contributed by atoms with E-state index in [9.17, 15) is 9.59 Å². The molecule has 2 heterocycles. The maximum atomic E-state index is 12.9. The predicted molar refractivity (Wildman–Crippen MR) is 127 cm³/mol. The molecule has 1 aliphatic heterocycles. The minimum Gasteiger partial charge on any atom is -0.497 e. The summed E-state index contributed by atoms with van der Waals surface area (Å²) in [6, 6.07) is 13.7. The Bertz CT molecular complexity index is 1100. The van der Waals surface area contributed by atoms with Crippen molar-refractivity contribution in [2.45, 2.75) is 39.0 Å². The van der Waals surface area contributed by atoms with E-state index in [1.165, 1.54) is 0 Å². The third-order valence-electron chi connectivity index (χ3n) is 6.38. The Morgan fingerprint density at radius 2 is 2.06 bits per heavy atom. The zero-order valence-electron chi connectivity index (χ0n) is 18.8. The lowest BCUT2D eigenvalue weighted by Gasteiger charge is -2.33. The van der Waals surface area contributed by atoms with Gasteiger partial charge in [-0.25, -0.2) is 0 Å². The first kappa shape index (κ1) is 21.9. The van der Waals surface area contributed by atoms with Crippen LogP contribution in [0.1, 0.15) is 36.8 Å². The normalized spacial score (nSPS) is 16.2. The fourth-order valence-electron chi connectivity index (χ4n) is 4.53. The molecule has 2 aromatic carbocycles. The molecule has 3 aromatic rings. The third kappa shape index (κ3) is 5.13. The van der Waals surface area contributed by atoms with Crippen LogP contribution < -0.4 is 10.1 Å². The number of nitrogens with zero attached hydrogens (tertiary/aromatic N) is 1. The van der Waals surface area contributed by atoms with Crippen LogP contribution >= 0.6 is 0 Å². The number of aromatic amines is 1. The Morgan fingerprint density at radius 1 is 1.22 bits per heavy atom.